The molecule has 0 aliphatic carbocycles. The lowest BCUT2D eigenvalue weighted by Crippen LogP contribution is -2.45. The molecule has 1 aromatic rings. The van der Waals surface area contributed by atoms with E-state index in [4.69, 9.17) is 0 Å². The minimum absolute atomic E-state index is 0.162. The van der Waals surface area contributed by atoms with Gasteiger partial charge in [0.2, 0.25) is 0 Å². The van der Waals surface area contributed by atoms with Gasteiger partial charge < -0.3 is 15.1 Å². The predicted molar refractivity (Wildman–Crippen MR) is 101 cm³/mol. The molecule has 0 aromatic heterocycles. The summed E-state index contributed by atoms with van der Waals surface area (Å²) in [5, 5.41) is 12.1. The summed E-state index contributed by atoms with van der Waals surface area (Å²) >= 11 is 0. The lowest BCUT2D eigenvalue weighted by atomic mass is 10.1. The van der Waals surface area contributed by atoms with Gasteiger partial charge in [-0.05, 0) is 51.8 Å². The second-order valence-electron chi connectivity index (χ2n) is 7.60. The Hall–Kier alpha value is -2.48. The van der Waals surface area contributed by atoms with Crippen LogP contribution in [0.2, 0.25) is 0 Å². The monoisotopic (exact) mass is 340 g/mol. The number of hydrogen-bond donors (Lipinski definition) is 1. The van der Waals surface area contributed by atoms with Gasteiger partial charge in [0.1, 0.15) is 11.6 Å². The number of nitrogens with one attached hydrogen (secondary N) is 1. The van der Waals surface area contributed by atoms with Gasteiger partial charge in [0.15, 0.2) is 0 Å². The van der Waals surface area contributed by atoms with Gasteiger partial charge >= 0.3 is 0 Å². The van der Waals surface area contributed by atoms with Crippen LogP contribution in [-0.4, -0.2) is 42.5 Å². The fraction of sp³-hybridized carbons (Fsp3) is 0.500. The first-order chi connectivity index (χ1) is 11.7. The molecule has 1 fully saturated rings. The highest BCUT2D eigenvalue weighted by Gasteiger charge is 2.21. The number of hydrogen-bond acceptors (Lipinski definition) is 4. The molecule has 0 saturated carbocycles. The third kappa shape index (κ3) is 4.99. The van der Waals surface area contributed by atoms with Crippen LogP contribution in [0.4, 0.5) is 5.69 Å². The summed E-state index contributed by atoms with van der Waals surface area (Å²) in [5.41, 5.74) is 3.69. The van der Waals surface area contributed by atoms with Crippen molar-refractivity contribution in [2.45, 2.75) is 40.2 Å². The van der Waals surface area contributed by atoms with Gasteiger partial charge in [-0.1, -0.05) is 12.1 Å². The normalized spacial score (nSPS) is 15.8. The van der Waals surface area contributed by atoms with E-state index >= 15 is 0 Å². The number of amides is 1. The Morgan fingerprint density at radius 2 is 1.84 bits per heavy atom. The number of piperazine rings is 1. The highest BCUT2D eigenvalue weighted by molar-refractivity contribution is 5.97. The van der Waals surface area contributed by atoms with Crippen LogP contribution >= 0.6 is 0 Å². The second-order valence-corrected chi connectivity index (χ2v) is 7.60. The first kappa shape index (κ1) is 18.9. The number of anilines is 1. The topological polar surface area (TPSA) is 59.4 Å². The average molecular weight is 340 g/mol. The maximum absolute atomic E-state index is 12.2. The van der Waals surface area contributed by atoms with E-state index in [1.54, 1.807) is 6.20 Å². The molecule has 1 aliphatic heterocycles. The number of benzene rings is 1. The molecule has 5 nitrogen and oxygen atoms in total. The molecule has 1 amide bonds. The molecule has 0 bridgehead atoms. The highest BCUT2D eigenvalue weighted by Crippen LogP contribution is 2.24. The summed E-state index contributed by atoms with van der Waals surface area (Å²) in [5.74, 6) is -0.313. The van der Waals surface area contributed by atoms with Gasteiger partial charge in [0.25, 0.3) is 5.91 Å². The summed E-state index contributed by atoms with van der Waals surface area (Å²) in [6, 6.07) is 8.40. The van der Waals surface area contributed by atoms with E-state index in [-0.39, 0.29) is 17.0 Å². The van der Waals surface area contributed by atoms with Crippen molar-refractivity contribution in [3.8, 4) is 6.07 Å². The van der Waals surface area contributed by atoms with E-state index in [1.165, 1.54) is 16.8 Å². The van der Waals surface area contributed by atoms with Crippen molar-refractivity contribution in [3.05, 3.63) is 41.1 Å². The largest absolute Gasteiger partial charge is 0.373 e. The van der Waals surface area contributed by atoms with E-state index in [2.05, 4.69) is 47.2 Å². The molecule has 0 spiro atoms. The standard InChI is InChI=1S/C20H28N4O/c1-15-7-6-8-18(16(15)2)24-11-9-23(10-12-24)14-17(13-21)19(25)22-20(3,4)5/h6-8,14H,9-12H2,1-5H3,(H,22,25)/b17-14-. The van der Waals surface area contributed by atoms with Crippen molar-refractivity contribution < 1.29 is 4.79 Å². The summed E-state index contributed by atoms with van der Waals surface area (Å²) in [6.45, 7) is 13.3. The van der Waals surface area contributed by atoms with Gasteiger partial charge in [-0.2, -0.15) is 5.26 Å². The zero-order chi connectivity index (χ0) is 18.6. The molecule has 25 heavy (non-hydrogen) atoms. The minimum Gasteiger partial charge on any atom is -0.373 e. The maximum atomic E-state index is 12.2. The van der Waals surface area contributed by atoms with Crippen molar-refractivity contribution in [2.75, 3.05) is 31.1 Å². The Bertz CT molecular complexity index is 701. The summed E-state index contributed by atoms with van der Waals surface area (Å²) < 4.78 is 0. The zero-order valence-electron chi connectivity index (χ0n) is 15.9. The first-order valence-corrected chi connectivity index (χ1v) is 8.71. The van der Waals surface area contributed by atoms with Gasteiger partial charge in [0.05, 0.1) is 0 Å². The van der Waals surface area contributed by atoms with Crippen LogP contribution in [0.15, 0.2) is 30.0 Å². The molecule has 0 atom stereocenters. The molecule has 5 heteroatoms. The van der Waals surface area contributed by atoms with Crippen molar-refractivity contribution in [1.82, 2.24) is 10.2 Å². The minimum atomic E-state index is -0.353. The predicted octanol–water partition coefficient (Wildman–Crippen LogP) is 2.75. The van der Waals surface area contributed by atoms with Gasteiger partial charge in [0, 0.05) is 43.6 Å². The summed E-state index contributed by atoms with van der Waals surface area (Å²) in [7, 11) is 0. The van der Waals surface area contributed by atoms with Crippen LogP contribution in [0.25, 0.3) is 0 Å². The summed E-state index contributed by atoms with van der Waals surface area (Å²) in [6.07, 6.45) is 1.70. The van der Waals surface area contributed by atoms with Crippen LogP contribution in [-0.2, 0) is 4.79 Å². The lowest BCUT2D eigenvalue weighted by molar-refractivity contribution is -0.118. The SMILES string of the molecule is Cc1cccc(N2CCN(/C=C(/C#N)C(=O)NC(C)(C)C)CC2)c1C. The number of carbonyl (C=O) groups is 1. The first-order valence-electron chi connectivity index (χ1n) is 8.71. The quantitative estimate of drug-likeness (QED) is 0.679. The molecule has 1 heterocycles. The van der Waals surface area contributed by atoms with Crippen LogP contribution in [0.1, 0.15) is 31.9 Å². The number of rotatable bonds is 3. The Labute approximate surface area is 150 Å². The second kappa shape index (κ2) is 7.60. The van der Waals surface area contributed by atoms with Crippen molar-refractivity contribution in [2.24, 2.45) is 0 Å². The molecule has 134 valence electrons. The Morgan fingerprint density at radius 1 is 1.20 bits per heavy atom. The third-order valence-electron chi connectivity index (χ3n) is 4.40. The average Bonchev–Trinajstić information content (AvgIpc) is 2.54. The van der Waals surface area contributed by atoms with Crippen LogP contribution in [0.3, 0.4) is 0 Å². The number of nitriles is 1. The molecule has 1 aliphatic rings. The van der Waals surface area contributed by atoms with E-state index < -0.39 is 0 Å². The van der Waals surface area contributed by atoms with E-state index in [1.807, 2.05) is 26.8 Å². The number of nitrogens with zero attached hydrogens (tertiary/aromatic N) is 3. The van der Waals surface area contributed by atoms with Crippen LogP contribution < -0.4 is 10.2 Å². The Morgan fingerprint density at radius 3 is 2.40 bits per heavy atom. The van der Waals surface area contributed by atoms with Gasteiger partial charge in [-0.3, -0.25) is 4.79 Å². The zero-order valence-corrected chi connectivity index (χ0v) is 15.9. The smallest absolute Gasteiger partial charge is 0.263 e. The molecular formula is C20H28N4O. The van der Waals surface area contributed by atoms with Gasteiger partial charge in [-0.25, -0.2) is 0 Å². The molecular weight excluding hydrogens is 312 g/mol. The van der Waals surface area contributed by atoms with Crippen LogP contribution in [0, 0.1) is 25.2 Å². The maximum Gasteiger partial charge on any atom is 0.263 e. The van der Waals surface area contributed by atoms with Crippen molar-refractivity contribution in [1.29, 1.82) is 5.26 Å². The van der Waals surface area contributed by atoms with Gasteiger partial charge in [-0.15, -0.1) is 0 Å². The Kier molecular flexibility index (Phi) is 5.73. The summed E-state index contributed by atoms with van der Waals surface area (Å²) in [4.78, 5) is 16.6. The van der Waals surface area contributed by atoms with E-state index in [0.29, 0.717) is 0 Å². The lowest BCUT2D eigenvalue weighted by Gasteiger charge is -2.36. The fourth-order valence-electron chi connectivity index (χ4n) is 2.90. The van der Waals surface area contributed by atoms with Crippen LogP contribution in [0.5, 0.6) is 0 Å². The number of aryl methyl sites for hydroxylation is 1. The van der Waals surface area contributed by atoms with E-state index in [9.17, 15) is 10.1 Å². The molecule has 1 saturated heterocycles. The van der Waals surface area contributed by atoms with Crippen molar-refractivity contribution in [3.63, 3.8) is 0 Å². The third-order valence-corrected chi connectivity index (χ3v) is 4.40. The molecule has 0 unspecified atom stereocenters. The molecule has 1 N–H and O–H groups in total. The van der Waals surface area contributed by atoms with E-state index in [0.717, 1.165) is 26.2 Å². The van der Waals surface area contributed by atoms with Crippen molar-refractivity contribution >= 4 is 11.6 Å². The number of carbonyl (C=O) groups excluding carboxylic acids is 1. The molecule has 1 aromatic carbocycles. The molecule has 2 rings (SSSR count). The molecule has 0 radical (unpaired) electrons. The highest BCUT2D eigenvalue weighted by atomic mass is 16.1. The fourth-order valence-corrected chi connectivity index (χ4v) is 2.90. The Balaban J connectivity index is 2.02.